The van der Waals surface area contributed by atoms with Crippen molar-refractivity contribution >= 4 is 34.2 Å². The van der Waals surface area contributed by atoms with Crippen LogP contribution in [0.2, 0.25) is 5.02 Å². The van der Waals surface area contributed by atoms with Crippen LogP contribution in [0.5, 0.6) is 0 Å². The molecule has 5 rings (SSSR count). The maximum absolute atomic E-state index is 12.7. The highest BCUT2D eigenvalue weighted by Crippen LogP contribution is 2.49. The Balaban J connectivity index is 1.42. The first-order valence-corrected chi connectivity index (χ1v) is 11.2. The Kier molecular flexibility index (Phi) is 5.14. The number of nitrogens with zero attached hydrogens (tertiary/aromatic N) is 2. The second-order valence-electron chi connectivity index (χ2n) is 8.42. The fourth-order valence-corrected chi connectivity index (χ4v) is 5.13. The maximum Gasteiger partial charge on any atom is 0.287 e. The van der Waals surface area contributed by atoms with Crippen LogP contribution in [0.15, 0.2) is 47.7 Å². The Morgan fingerprint density at radius 1 is 1.32 bits per heavy atom. The molecule has 7 nitrogen and oxygen atoms in total. The quantitative estimate of drug-likeness (QED) is 0.499. The van der Waals surface area contributed by atoms with E-state index in [4.69, 9.17) is 16.0 Å². The Morgan fingerprint density at radius 3 is 2.94 bits per heavy atom. The predicted octanol–water partition coefficient (Wildman–Crippen LogP) is 4.75. The van der Waals surface area contributed by atoms with Gasteiger partial charge in [-0.15, -0.1) is 0 Å². The van der Waals surface area contributed by atoms with E-state index in [-0.39, 0.29) is 11.4 Å². The molecule has 0 radical (unpaired) electrons. The lowest BCUT2D eigenvalue weighted by Crippen LogP contribution is -2.48. The van der Waals surface area contributed by atoms with Crippen molar-refractivity contribution in [2.75, 3.05) is 11.9 Å². The third-order valence-electron chi connectivity index (χ3n) is 6.27. The number of carbonyl (C=O) groups is 1. The molecule has 162 valence electrons. The highest BCUT2D eigenvalue weighted by molar-refractivity contribution is 6.34. The highest BCUT2D eigenvalue weighted by atomic mass is 35.5. The van der Waals surface area contributed by atoms with Gasteiger partial charge < -0.3 is 24.9 Å². The van der Waals surface area contributed by atoms with Gasteiger partial charge in [0.2, 0.25) is 0 Å². The van der Waals surface area contributed by atoms with Crippen LogP contribution in [0.25, 0.3) is 11.0 Å². The van der Waals surface area contributed by atoms with Crippen molar-refractivity contribution in [2.45, 2.75) is 50.6 Å². The summed E-state index contributed by atoms with van der Waals surface area (Å²) >= 11 is 6.65. The number of amides is 1. The highest BCUT2D eigenvalue weighted by Gasteiger charge is 2.42. The first-order chi connectivity index (χ1) is 15.1. The number of fused-ring (bicyclic) bond motifs is 4. The lowest BCUT2D eigenvalue weighted by atomic mass is 9.74. The largest absolute Gasteiger partial charge is 0.450 e. The lowest BCUT2D eigenvalue weighted by Gasteiger charge is -2.44. The fraction of sp³-hybridized carbons (Fsp3) is 0.391. The van der Waals surface area contributed by atoms with Gasteiger partial charge in [0.15, 0.2) is 5.76 Å². The van der Waals surface area contributed by atoms with Gasteiger partial charge in [0.1, 0.15) is 5.58 Å². The maximum atomic E-state index is 12.7. The molecule has 1 aromatic carbocycles. The Morgan fingerprint density at radius 2 is 2.16 bits per heavy atom. The second-order valence-corrected chi connectivity index (χ2v) is 8.83. The number of nitrogens with one attached hydrogen (secondary N) is 3. The van der Waals surface area contributed by atoms with Crippen molar-refractivity contribution in [3.05, 3.63) is 59.6 Å². The standard InChI is InChI=1S/C23H26ClN5O2/c1-15-27-20-17(24)12-16-13-18(22(30)26-8-5-10-29-11-9-25-14-29)31-21(16)19(20)23(28-15)6-3-2-4-7-23/h9,11-14,27-28H,1-8,10H2,(H,26,30). The van der Waals surface area contributed by atoms with E-state index in [1.165, 1.54) is 6.42 Å². The van der Waals surface area contributed by atoms with Gasteiger partial charge in [-0.25, -0.2) is 4.98 Å². The molecule has 0 unspecified atom stereocenters. The number of aryl methyl sites for hydroxylation is 1. The van der Waals surface area contributed by atoms with Crippen molar-refractivity contribution in [1.82, 2.24) is 20.2 Å². The van der Waals surface area contributed by atoms with Crippen molar-refractivity contribution in [3.8, 4) is 0 Å². The third-order valence-corrected chi connectivity index (χ3v) is 6.57. The minimum Gasteiger partial charge on any atom is -0.450 e. The normalized spacial score (nSPS) is 17.3. The Labute approximate surface area is 185 Å². The Hall–Kier alpha value is -2.93. The summed E-state index contributed by atoms with van der Waals surface area (Å²) < 4.78 is 8.14. The summed E-state index contributed by atoms with van der Waals surface area (Å²) in [5, 5.41) is 11.3. The number of aromatic nitrogens is 2. The van der Waals surface area contributed by atoms with Gasteiger partial charge in [0.05, 0.1) is 28.4 Å². The van der Waals surface area contributed by atoms with Gasteiger partial charge in [-0.2, -0.15) is 0 Å². The first-order valence-electron chi connectivity index (χ1n) is 10.8. The van der Waals surface area contributed by atoms with E-state index in [2.05, 4.69) is 27.5 Å². The average Bonchev–Trinajstić information content (AvgIpc) is 3.41. The number of anilines is 1. The summed E-state index contributed by atoms with van der Waals surface area (Å²) in [6.07, 6.45) is 11.7. The minimum absolute atomic E-state index is 0.217. The summed E-state index contributed by atoms with van der Waals surface area (Å²) in [6, 6.07) is 3.64. The molecule has 1 amide bonds. The minimum atomic E-state index is -0.268. The molecule has 1 spiro atoms. The van der Waals surface area contributed by atoms with Crippen molar-refractivity contribution < 1.29 is 9.21 Å². The number of imidazole rings is 1. The van der Waals surface area contributed by atoms with E-state index >= 15 is 0 Å². The molecule has 0 atom stereocenters. The zero-order valence-corrected chi connectivity index (χ0v) is 18.1. The number of hydrogen-bond donors (Lipinski definition) is 3. The number of benzene rings is 1. The van der Waals surface area contributed by atoms with Gasteiger partial charge in [-0.3, -0.25) is 4.79 Å². The molecule has 1 saturated carbocycles. The zero-order chi connectivity index (χ0) is 21.4. The van der Waals surface area contributed by atoms with Gasteiger partial charge in [-0.05, 0) is 31.4 Å². The monoisotopic (exact) mass is 439 g/mol. The van der Waals surface area contributed by atoms with Crippen LogP contribution < -0.4 is 16.0 Å². The molecule has 3 N–H and O–H groups in total. The summed E-state index contributed by atoms with van der Waals surface area (Å²) in [5.74, 6) is 0.834. The Bertz CT molecular complexity index is 1130. The lowest BCUT2D eigenvalue weighted by molar-refractivity contribution is 0.0927. The number of furan rings is 1. The van der Waals surface area contributed by atoms with Gasteiger partial charge in [0.25, 0.3) is 5.91 Å². The molecule has 0 saturated heterocycles. The first kappa shape index (κ1) is 20.0. The fourth-order valence-electron chi connectivity index (χ4n) is 4.87. The molecule has 2 aliphatic rings. The van der Waals surface area contributed by atoms with Crippen LogP contribution in [-0.4, -0.2) is 22.0 Å². The molecule has 3 aromatic rings. The average molecular weight is 440 g/mol. The molecular formula is C23H26ClN5O2. The zero-order valence-electron chi connectivity index (χ0n) is 17.3. The van der Waals surface area contributed by atoms with E-state index < -0.39 is 0 Å². The van der Waals surface area contributed by atoms with E-state index in [9.17, 15) is 4.79 Å². The summed E-state index contributed by atoms with van der Waals surface area (Å²) in [6.45, 7) is 5.45. The van der Waals surface area contributed by atoms with Crippen molar-refractivity contribution in [2.24, 2.45) is 0 Å². The molecule has 0 bridgehead atoms. The van der Waals surface area contributed by atoms with Gasteiger partial charge in [0, 0.05) is 36.4 Å². The van der Waals surface area contributed by atoms with E-state index in [0.29, 0.717) is 17.3 Å². The van der Waals surface area contributed by atoms with E-state index in [1.807, 2.05) is 16.8 Å². The predicted molar refractivity (Wildman–Crippen MR) is 121 cm³/mol. The van der Waals surface area contributed by atoms with Crippen molar-refractivity contribution in [1.29, 1.82) is 0 Å². The number of halogens is 1. The third kappa shape index (κ3) is 3.67. The molecular weight excluding hydrogens is 414 g/mol. The molecule has 8 heteroatoms. The number of carbonyl (C=O) groups excluding carboxylic acids is 1. The molecule has 2 aromatic heterocycles. The van der Waals surface area contributed by atoms with Crippen LogP contribution in [-0.2, 0) is 12.1 Å². The molecule has 1 aliphatic heterocycles. The van der Waals surface area contributed by atoms with E-state index in [1.54, 1.807) is 18.6 Å². The smallest absolute Gasteiger partial charge is 0.287 e. The van der Waals surface area contributed by atoms with Crippen molar-refractivity contribution in [3.63, 3.8) is 0 Å². The second kappa shape index (κ2) is 7.96. The molecule has 3 heterocycles. The van der Waals surface area contributed by atoms with Crippen LogP contribution in [0, 0.1) is 0 Å². The summed E-state index contributed by atoms with van der Waals surface area (Å²) in [5.41, 5.74) is 2.30. The molecule has 1 fully saturated rings. The van der Waals surface area contributed by atoms with Crippen LogP contribution in [0.3, 0.4) is 0 Å². The van der Waals surface area contributed by atoms with Gasteiger partial charge >= 0.3 is 0 Å². The van der Waals surface area contributed by atoms with E-state index in [0.717, 1.165) is 66.7 Å². The van der Waals surface area contributed by atoms with Crippen LogP contribution in [0.4, 0.5) is 5.69 Å². The summed E-state index contributed by atoms with van der Waals surface area (Å²) in [4.78, 5) is 16.8. The SMILES string of the molecule is C=C1Nc2c(Cl)cc3cc(C(=O)NCCCn4ccnc4)oc3c2C2(CCCCC2)N1. The van der Waals surface area contributed by atoms with Gasteiger partial charge in [-0.1, -0.05) is 37.4 Å². The van der Waals surface area contributed by atoms with Crippen LogP contribution >= 0.6 is 11.6 Å². The molecule has 1 aliphatic carbocycles. The number of rotatable bonds is 5. The molecule has 31 heavy (non-hydrogen) atoms. The summed E-state index contributed by atoms with van der Waals surface area (Å²) in [7, 11) is 0. The number of hydrogen-bond acceptors (Lipinski definition) is 5. The topological polar surface area (TPSA) is 84.1 Å². The van der Waals surface area contributed by atoms with Crippen LogP contribution in [0.1, 0.15) is 54.6 Å².